The van der Waals surface area contributed by atoms with Crippen LogP contribution in [0, 0.1) is 13.8 Å². The number of carbonyl (C=O) groups is 1. The van der Waals surface area contributed by atoms with Crippen LogP contribution >= 0.6 is 23.6 Å². The minimum absolute atomic E-state index is 0.238. The molecule has 1 amide bonds. The number of para-hydroxylation sites is 1. The molecular weight excluding hydrogens is 378 g/mol. The smallest absolute Gasteiger partial charge is 0.260 e. The molecule has 0 aliphatic rings. The third-order valence-corrected chi connectivity index (χ3v) is 5.26. The number of fused-ring (bicyclic) bond motifs is 1. The summed E-state index contributed by atoms with van der Waals surface area (Å²) in [5.74, 6) is -0.238. The van der Waals surface area contributed by atoms with Crippen LogP contribution in [0.2, 0.25) is 0 Å². The van der Waals surface area contributed by atoms with Crippen LogP contribution < -0.4 is 21.5 Å². The molecule has 0 saturated heterocycles. The zero-order chi connectivity index (χ0) is 19.4. The summed E-state index contributed by atoms with van der Waals surface area (Å²) in [4.78, 5) is 16.7. The highest BCUT2D eigenvalue weighted by Gasteiger charge is 2.15. The molecule has 0 spiro atoms. The molecule has 0 radical (unpaired) electrons. The molecule has 1 atom stereocenters. The molecule has 27 heavy (non-hydrogen) atoms. The molecule has 0 bridgehead atoms. The highest BCUT2D eigenvalue weighted by molar-refractivity contribution is 7.80. The van der Waals surface area contributed by atoms with E-state index in [4.69, 9.17) is 12.2 Å². The summed E-state index contributed by atoms with van der Waals surface area (Å²) in [5.41, 5.74) is 9.48. The van der Waals surface area contributed by atoms with Gasteiger partial charge in [-0.1, -0.05) is 29.5 Å². The van der Waals surface area contributed by atoms with Crippen LogP contribution in [0.15, 0.2) is 42.5 Å². The van der Waals surface area contributed by atoms with Crippen LogP contribution in [0.25, 0.3) is 10.2 Å². The summed E-state index contributed by atoms with van der Waals surface area (Å²) in [6.45, 7) is 5.85. The Morgan fingerprint density at radius 2 is 1.89 bits per heavy atom. The number of aryl methyl sites for hydroxylation is 2. The van der Waals surface area contributed by atoms with E-state index >= 15 is 0 Å². The van der Waals surface area contributed by atoms with E-state index in [1.165, 1.54) is 22.5 Å². The van der Waals surface area contributed by atoms with Crippen molar-refractivity contribution in [2.45, 2.75) is 26.8 Å². The fraction of sp³-hybridized carbons (Fsp3) is 0.211. The Labute approximate surface area is 167 Å². The van der Waals surface area contributed by atoms with Crippen molar-refractivity contribution in [3.8, 4) is 0 Å². The Hall–Kier alpha value is -2.71. The number of benzene rings is 2. The Morgan fingerprint density at radius 1 is 1.11 bits per heavy atom. The van der Waals surface area contributed by atoms with Crippen LogP contribution in [0.5, 0.6) is 0 Å². The number of nitrogens with one attached hydrogen (secondary N) is 4. The summed E-state index contributed by atoms with van der Waals surface area (Å²) in [5, 5.41) is 7.18. The number of thiazole rings is 1. The molecular formula is C19H21N5OS2. The highest BCUT2D eigenvalue weighted by atomic mass is 32.1. The molecule has 4 N–H and O–H groups in total. The van der Waals surface area contributed by atoms with Gasteiger partial charge in [-0.25, -0.2) is 4.98 Å². The minimum Gasteiger partial charge on any atom is -0.350 e. The topological polar surface area (TPSA) is 78.1 Å². The van der Waals surface area contributed by atoms with Gasteiger partial charge in [0.25, 0.3) is 5.91 Å². The summed E-state index contributed by atoms with van der Waals surface area (Å²) in [7, 11) is 0. The van der Waals surface area contributed by atoms with Gasteiger partial charge in [0.05, 0.1) is 10.2 Å². The Balaban J connectivity index is 1.50. The molecule has 0 fully saturated rings. The molecule has 140 valence electrons. The van der Waals surface area contributed by atoms with E-state index in [0.717, 1.165) is 15.9 Å². The predicted octanol–water partition coefficient (Wildman–Crippen LogP) is 3.73. The Bertz CT molecular complexity index is 952. The van der Waals surface area contributed by atoms with E-state index in [2.05, 4.69) is 33.4 Å². The Morgan fingerprint density at radius 3 is 2.63 bits per heavy atom. The monoisotopic (exact) mass is 399 g/mol. The summed E-state index contributed by atoms with van der Waals surface area (Å²) < 4.78 is 1.07. The van der Waals surface area contributed by atoms with Gasteiger partial charge >= 0.3 is 0 Å². The van der Waals surface area contributed by atoms with E-state index in [9.17, 15) is 4.79 Å². The zero-order valence-electron chi connectivity index (χ0n) is 15.3. The fourth-order valence-electron chi connectivity index (χ4n) is 2.39. The van der Waals surface area contributed by atoms with Gasteiger partial charge < -0.3 is 10.6 Å². The van der Waals surface area contributed by atoms with Crippen LogP contribution in [-0.4, -0.2) is 22.0 Å². The van der Waals surface area contributed by atoms with Gasteiger partial charge in [-0.15, -0.1) is 0 Å². The van der Waals surface area contributed by atoms with Crippen LogP contribution in [0.4, 0.5) is 10.8 Å². The van der Waals surface area contributed by atoms with Crippen molar-refractivity contribution in [3.63, 3.8) is 0 Å². The number of carbonyl (C=O) groups excluding carboxylic acids is 1. The standard InChI is InChI=1S/C19H21N5OS2/c1-11-8-9-14(10-12(11)2)21-18(26)24-23-17(25)13(3)20-19-22-15-6-4-5-7-16(15)27-19/h4-10,13H,1-3H3,(H,20,22)(H,23,25)(H2,21,24,26)/t13-/m0/s1. The molecule has 3 aromatic rings. The van der Waals surface area contributed by atoms with Crippen molar-refractivity contribution in [3.05, 3.63) is 53.6 Å². The maximum absolute atomic E-state index is 12.3. The van der Waals surface area contributed by atoms with Gasteiger partial charge in [-0.2, -0.15) is 0 Å². The van der Waals surface area contributed by atoms with E-state index in [-0.39, 0.29) is 5.91 Å². The lowest BCUT2D eigenvalue weighted by molar-refractivity contribution is -0.122. The van der Waals surface area contributed by atoms with Gasteiger partial charge in [-0.3, -0.25) is 15.6 Å². The molecule has 2 aromatic carbocycles. The maximum atomic E-state index is 12.3. The van der Waals surface area contributed by atoms with Crippen LogP contribution in [0.1, 0.15) is 18.1 Å². The lowest BCUT2D eigenvalue weighted by Gasteiger charge is -2.16. The first kappa shape index (κ1) is 19.1. The number of hydrazine groups is 1. The van der Waals surface area contributed by atoms with Crippen LogP contribution in [-0.2, 0) is 4.79 Å². The second-order valence-corrected chi connectivity index (χ2v) is 7.66. The fourth-order valence-corrected chi connectivity index (χ4v) is 3.51. The molecule has 1 heterocycles. The largest absolute Gasteiger partial charge is 0.350 e. The number of aromatic nitrogens is 1. The lowest BCUT2D eigenvalue weighted by atomic mass is 10.1. The van der Waals surface area contributed by atoms with Crippen molar-refractivity contribution in [1.82, 2.24) is 15.8 Å². The number of anilines is 2. The Kier molecular flexibility index (Phi) is 5.88. The number of hydrogen-bond acceptors (Lipinski definition) is 5. The molecule has 0 unspecified atom stereocenters. The molecule has 0 aliphatic carbocycles. The van der Waals surface area contributed by atoms with Crippen molar-refractivity contribution >= 4 is 55.6 Å². The molecule has 0 aliphatic heterocycles. The van der Waals surface area contributed by atoms with E-state index in [0.29, 0.717) is 10.2 Å². The first-order valence-electron chi connectivity index (χ1n) is 8.48. The average molecular weight is 400 g/mol. The highest BCUT2D eigenvalue weighted by Crippen LogP contribution is 2.25. The number of thiocarbonyl (C=S) groups is 1. The average Bonchev–Trinajstić information content (AvgIpc) is 3.05. The third-order valence-electron chi connectivity index (χ3n) is 4.09. The predicted molar refractivity (Wildman–Crippen MR) is 116 cm³/mol. The third kappa shape index (κ3) is 4.93. The van der Waals surface area contributed by atoms with Gasteiger partial charge in [0.2, 0.25) is 0 Å². The maximum Gasteiger partial charge on any atom is 0.260 e. The number of rotatable bonds is 4. The molecule has 0 saturated carbocycles. The molecule has 6 nitrogen and oxygen atoms in total. The van der Waals surface area contributed by atoms with Crippen LogP contribution in [0.3, 0.4) is 0 Å². The first-order valence-corrected chi connectivity index (χ1v) is 9.71. The van der Waals surface area contributed by atoms with Gasteiger partial charge in [-0.05, 0) is 68.4 Å². The summed E-state index contributed by atoms with van der Waals surface area (Å²) in [6.07, 6.45) is 0. The van der Waals surface area contributed by atoms with Gasteiger partial charge in [0.1, 0.15) is 6.04 Å². The van der Waals surface area contributed by atoms with E-state index in [1.807, 2.05) is 49.4 Å². The second kappa shape index (κ2) is 8.32. The van der Waals surface area contributed by atoms with Crippen molar-refractivity contribution in [2.24, 2.45) is 0 Å². The number of hydrogen-bond donors (Lipinski definition) is 4. The van der Waals surface area contributed by atoms with Gasteiger partial charge in [0.15, 0.2) is 10.2 Å². The number of nitrogens with zero attached hydrogens (tertiary/aromatic N) is 1. The second-order valence-electron chi connectivity index (χ2n) is 6.22. The van der Waals surface area contributed by atoms with E-state index < -0.39 is 6.04 Å². The molecule has 3 rings (SSSR count). The minimum atomic E-state index is -0.470. The zero-order valence-corrected chi connectivity index (χ0v) is 16.9. The molecule has 1 aromatic heterocycles. The first-order chi connectivity index (χ1) is 12.9. The summed E-state index contributed by atoms with van der Waals surface area (Å²) in [6, 6.07) is 13.3. The summed E-state index contributed by atoms with van der Waals surface area (Å²) >= 11 is 6.73. The quantitative estimate of drug-likeness (QED) is 0.396. The van der Waals surface area contributed by atoms with Crippen molar-refractivity contribution in [2.75, 3.05) is 10.6 Å². The lowest BCUT2D eigenvalue weighted by Crippen LogP contribution is -2.49. The molecule has 8 heteroatoms. The van der Waals surface area contributed by atoms with Gasteiger partial charge in [0, 0.05) is 5.69 Å². The SMILES string of the molecule is Cc1ccc(NC(=S)NNC(=O)[C@H](C)Nc2nc3ccccc3s2)cc1C. The van der Waals surface area contributed by atoms with Crippen molar-refractivity contribution < 1.29 is 4.79 Å². The normalized spacial score (nSPS) is 11.7. The number of amides is 1. The van der Waals surface area contributed by atoms with E-state index in [1.54, 1.807) is 6.92 Å². The van der Waals surface area contributed by atoms with Crippen molar-refractivity contribution in [1.29, 1.82) is 0 Å².